The number of esters is 1. The van der Waals surface area contributed by atoms with E-state index in [0.717, 1.165) is 5.56 Å². The predicted octanol–water partition coefficient (Wildman–Crippen LogP) is 4.56. The molecule has 2 atom stereocenters. The Morgan fingerprint density at radius 2 is 1.87 bits per heavy atom. The summed E-state index contributed by atoms with van der Waals surface area (Å²) >= 11 is 6.51. The van der Waals surface area contributed by atoms with Crippen molar-refractivity contribution >= 4 is 29.5 Å². The molecule has 1 saturated heterocycles. The van der Waals surface area contributed by atoms with Crippen LogP contribution in [0.5, 0.6) is 0 Å². The van der Waals surface area contributed by atoms with Crippen LogP contribution >= 0.6 is 11.6 Å². The summed E-state index contributed by atoms with van der Waals surface area (Å²) in [7, 11) is 0. The molecular formula is C30H35ClN4O4. The number of aryl methyl sites for hydroxylation is 1. The first-order valence-corrected chi connectivity index (χ1v) is 13.6. The minimum atomic E-state index is -0.761. The van der Waals surface area contributed by atoms with Gasteiger partial charge >= 0.3 is 12.0 Å². The number of ether oxygens (including phenoxy) is 1. The number of nitrogens with zero attached hydrogens (tertiary/aromatic N) is 3. The van der Waals surface area contributed by atoms with Gasteiger partial charge in [-0.2, -0.15) is 0 Å². The van der Waals surface area contributed by atoms with Crippen LogP contribution in [0.4, 0.5) is 4.79 Å². The monoisotopic (exact) mass is 550 g/mol. The van der Waals surface area contributed by atoms with Crippen molar-refractivity contribution < 1.29 is 19.1 Å². The number of benzene rings is 2. The zero-order valence-corrected chi connectivity index (χ0v) is 23.4. The van der Waals surface area contributed by atoms with Gasteiger partial charge in [0.1, 0.15) is 0 Å². The number of hydrogen-bond acceptors (Lipinski definition) is 5. The second kappa shape index (κ2) is 12.5. The third kappa shape index (κ3) is 6.18. The Kier molecular flexibility index (Phi) is 9.09. The molecule has 2 heterocycles. The fourth-order valence-corrected chi connectivity index (χ4v) is 5.38. The number of carbonyl (C=O) groups excluding carboxylic acids is 3. The molecule has 0 aliphatic carbocycles. The summed E-state index contributed by atoms with van der Waals surface area (Å²) in [6, 6.07) is 13.6. The van der Waals surface area contributed by atoms with Crippen molar-refractivity contribution in [1.82, 2.24) is 20.0 Å². The highest BCUT2D eigenvalue weighted by Crippen LogP contribution is 2.35. The van der Waals surface area contributed by atoms with Gasteiger partial charge in [-0.3, -0.25) is 14.6 Å². The zero-order valence-electron chi connectivity index (χ0n) is 22.7. The molecule has 3 amide bonds. The molecule has 8 nitrogen and oxygen atoms in total. The summed E-state index contributed by atoms with van der Waals surface area (Å²) in [5.74, 6) is -0.509. The third-order valence-electron chi connectivity index (χ3n) is 7.11. The van der Waals surface area contributed by atoms with E-state index < -0.39 is 12.0 Å². The molecule has 2 aliphatic heterocycles. The van der Waals surface area contributed by atoms with Gasteiger partial charge in [-0.05, 0) is 44.5 Å². The smallest absolute Gasteiger partial charge is 0.338 e. The summed E-state index contributed by atoms with van der Waals surface area (Å²) in [4.78, 5) is 45.5. The van der Waals surface area contributed by atoms with Crippen molar-refractivity contribution in [3.63, 3.8) is 0 Å². The lowest BCUT2D eigenvalue weighted by molar-refractivity contribution is -0.139. The van der Waals surface area contributed by atoms with Gasteiger partial charge in [-0.25, -0.2) is 9.59 Å². The lowest BCUT2D eigenvalue weighted by Gasteiger charge is -2.43. The van der Waals surface area contributed by atoms with Gasteiger partial charge in [-0.15, -0.1) is 6.58 Å². The molecule has 2 aromatic rings. The van der Waals surface area contributed by atoms with Gasteiger partial charge < -0.3 is 15.0 Å². The number of urea groups is 1. The Labute approximate surface area is 234 Å². The molecule has 0 bridgehead atoms. The highest BCUT2D eigenvalue weighted by Gasteiger charge is 2.40. The average molecular weight is 551 g/mol. The van der Waals surface area contributed by atoms with Crippen molar-refractivity contribution in [2.75, 3.05) is 39.3 Å². The topological polar surface area (TPSA) is 82.2 Å². The molecular weight excluding hydrogens is 516 g/mol. The molecule has 0 aromatic heterocycles. The minimum Gasteiger partial charge on any atom is -0.463 e. The van der Waals surface area contributed by atoms with Crippen LogP contribution in [0.2, 0.25) is 5.02 Å². The highest BCUT2D eigenvalue weighted by atomic mass is 35.5. The molecule has 1 fully saturated rings. The van der Waals surface area contributed by atoms with Crippen LogP contribution in [0.3, 0.4) is 0 Å². The van der Waals surface area contributed by atoms with Gasteiger partial charge in [0.15, 0.2) is 0 Å². The maximum Gasteiger partial charge on any atom is 0.338 e. The molecule has 2 aliphatic rings. The molecule has 206 valence electrons. The summed E-state index contributed by atoms with van der Waals surface area (Å²) < 4.78 is 5.47. The van der Waals surface area contributed by atoms with E-state index in [2.05, 4.69) is 16.8 Å². The van der Waals surface area contributed by atoms with Gasteiger partial charge in [0.05, 0.1) is 18.2 Å². The quantitative estimate of drug-likeness (QED) is 0.385. The Morgan fingerprint density at radius 3 is 2.51 bits per heavy atom. The number of amides is 3. The standard InChI is InChI=1S/C30H35ClN4O4/c1-5-15-35-25(19-33-16-17-34(21(4)18-33)28(36)22-13-11-20(3)12-14-22)26(29(37)39-6-2)27(32-30(35)38)23-9-7-8-10-24(23)31/h5,7-14,21,27H,1,6,15-19H2,2-4H3,(H,32,38). The molecule has 0 saturated carbocycles. The average Bonchev–Trinajstić information content (AvgIpc) is 2.91. The second-order valence-corrected chi connectivity index (χ2v) is 10.2. The van der Waals surface area contributed by atoms with Crippen molar-refractivity contribution in [1.29, 1.82) is 0 Å². The Balaban J connectivity index is 1.65. The van der Waals surface area contributed by atoms with Crippen LogP contribution in [0, 0.1) is 6.92 Å². The lowest BCUT2D eigenvalue weighted by Crippen LogP contribution is -2.56. The maximum atomic E-state index is 13.4. The molecule has 4 rings (SSSR count). The first-order chi connectivity index (χ1) is 18.7. The summed E-state index contributed by atoms with van der Waals surface area (Å²) in [5.41, 5.74) is 3.28. The number of carbonyl (C=O) groups is 3. The normalized spacial score (nSPS) is 20.1. The van der Waals surface area contributed by atoms with Crippen molar-refractivity contribution in [3.8, 4) is 0 Å². The van der Waals surface area contributed by atoms with E-state index in [9.17, 15) is 14.4 Å². The van der Waals surface area contributed by atoms with E-state index in [4.69, 9.17) is 16.3 Å². The predicted molar refractivity (Wildman–Crippen MR) is 151 cm³/mol. The maximum absolute atomic E-state index is 13.4. The first kappa shape index (κ1) is 28.4. The van der Waals surface area contributed by atoms with Gasteiger partial charge in [0, 0.05) is 55.0 Å². The van der Waals surface area contributed by atoms with Gasteiger partial charge in [0.2, 0.25) is 0 Å². The van der Waals surface area contributed by atoms with E-state index in [0.29, 0.717) is 53.6 Å². The minimum absolute atomic E-state index is 0.00214. The molecule has 2 unspecified atom stereocenters. The fraction of sp³-hybridized carbons (Fsp3) is 0.367. The van der Waals surface area contributed by atoms with Crippen LogP contribution in [0.1, 0.15) is 41.4 Å². The van der Waals surface area contributed by atoms with E-state index in [1.54, 1.807) is 31.2 Å². The van der Waals surface area contributed by atoms with Gasteiger partial charge in [0.25, 0.3) is 5.91 Å². The Hall–Kier alpha value is -3.62. The molecule has 2 aromatic carbocycles. The summed E-state index contributed by atoms with van der Waals surface area (Å²) in [6.07, 6.45) is 1.62. The van der Waals surface area contributed by atoms with Crippen LogP contribution in [-0.2, 0) is 9.53 Å². The van der Waals surface area contributed by atoms with E-state index in [-0.39, 0.29) is 31.1 Å². The summed E-state index contributed by atoms with van der Waals surface area (Å²) in [6.45, 7) is 12.0. The van der Waals surface area contributed by atoms with Crippen LogP contribution in [0.25, 0.3) is 0 Å². The molecule has 1 N–H and O–H groups in total. The van der Waals surface area contributed by atoms with E-state index >= 15 is 0 Å². The highest BCUT2D eigenvalue weighted by molar-refractivity contribution is 6.31. The second-order valence-electron chi connectivity index (χ2n) is 9.83. The molecule has 9 heteroatoms. The largest absolute Gasteiger partial charge is 0.463 e. The Bertz CT molecular complexity index is 1280. The number of halogens is 1. The van der Waals surface area contributed by atoms with Crippen LogP contribution < -0.4 is 5.32 Å². The summed E-state index contributed by atoms with van der Waals surface area (Å²) in [5, 5.41) is 3.39. The number of nitrogens with one attached hydrogen (secondary N) is 1. The molecule has 0 spiro atoms. The van der Waals surface area contributed by atoms with Crippen molar-refractivity contribution in [2.45, 2.75) is 32.9 Å². The molecule has 0 radical (unpaired) electrons. The van der Waals surface area contributed by atoms with Crippen molar-refractivity contribution in [3.05, 3.63) is 94.2 Å². The van der Waals surface area contributed by atoms with E-state index in [1.807, 2.05) is 49.1 Å². The Morgan fingerprint density at radius 1 is 1.15 bits per heavy atom. The SMILES string of the molecule is C=CCN1C(=O)NC(c2ccccc2Cl)C(C(=O)OCC)=C1CN1CCN(C(=O)c2ccc(C)cc2)C(C)C1. The first-order valence-electron chi connectivity index (χ1n) is 13.2. The molecule has 39 heavy (non-hydrogen) atoms. The van der Waals surface area contributed by atoms with Crippen molar-refractivity contribution in [2.24, 2.45) is 0 Å². The van der Waals surface area contributed by atoms with Crippen LogP contribution in [0.15, 0.2) is 72.5 Å². The third-order valence-corrected chi connectivity index (χ3v) is 7.45. The van der Waals surface area contributed by atoms with Crippen LogP contribution in [-0.4, -0.2) is 78.0 Å². The number of hydrogen-bond donors (Lipinski definition) is 1. The fourth-order valence-electron chi connectivity index (χ4n) is 5.14. The number of piperazine rings is 1. The van der Waals surface area contributed by atoms with Gasteiger partial charge in [-0.1, -0.05) is 53.6 Å². The zero-order chi connectivity index (χ0) is 28.1. The lowest BCUT2D eigenvalue weighted by atomic mass is 9.93. The number of rotatable bonds is 8. The van der Waals surface area contributed by atoms with E-state index in [1.165, 1.54) is 4.90 Å².